The van der Waals surface area contributed by atoms with E-state index >= 15 is 0 Å². The SMILES string of the molecule is CC(C)(C)c1ccc2c(c1)c1c(N(c3ccccc3)c3ccc4ccccc4c3C(C)(C)C)ccc3c4cc5c(cc4n2c31)c1ccc(N(c2ccccc2)c2ccc3ccccc3c2C(C)(C)C)c2c3cc(C(C)(C)C)ccc3n5c12. The van der Waals surface area contributed by atoms with Gasteiger partial charge >= 0.3 is 0 Å². The van der Waals surface area contributed by atoms with Crippen LogP contribution in [-0.2, 0) is 21.7 Å². The molecule has 4 heterocycles. The highest BCUT2D eigenvalue weighted by molar-refractivity contribution is 6.32. The summed E-state index contributed by atoms with van der Waals surface area (Å²) in [5.41, 5.74) is 19.3. The van der Waals surface area contributed by atoms with Crippen LogP contribution in [0.5, 0.6) is 0 Å². The molecule has 0 amide bonds. The van der Waals surface area contributed by atoms with Crippen molar-refractivity contribution in [1.82, 2.24) is 8.80 Å². The summed E-state index contributed by atoms with van der Waals surface area (Å²) >= 11 is 0. The van der Waals surface area contributed by atoms with Crippen LogP contribution < -0.4 is 9.80 Å². The number of aromatic nitrogens is 2. The molecule has 15 rings (SSSR count). The minimum Gasteiger partial charge on any atom is -0.309 e. The van der Waals surface area contributed by atoms with E-state index < -0.39 is 0 Å². The van der Waals surface area contributed by atoms with Gasteiger partial charge in [-0.1, -0.05) is 204 Å². The van der Waals surface area contributed by atoms with E-state index in [1.807, 2.05) is 0 Å². The summed E-state index contributed by atoms with van der Waals surface area (Å²) in [6.45, 7) is 28.2. The molecule has 0 radical (unpaired) electrons. The maximum atomic E-state index is 2.61. The summed E-state index contributed by atoms with van der Waals surface area (Å²) in [6.07, 6.45) is 0. The van der Waals surface area contributed by atoms with Crippen molar-refractivity contribution in [2.75, 3.05) is 9.80 Å². The van der Waals surface area contributed by atoms with Crippen LogP contribution in [-0.4, -0.2) is 8.80 Å². The number of para-hydroxylation sites is 2. The lowest BCUT2D eigenvalue weighted by Gasteiger charge is -2.33. The van der Waals surface area contributed by atoms with Crippen LogP contribution >= 0.6 is 0 Å². The molecule has 0 saturated heterocycles. The van der Waals surface area contributed by atoms with Crippen LogP contribution in [0, 0.1) is 0 Å². The zero-order valence-corrected chi connectivity index (χ0v) is 49.4. The smallest absolute Gasteiger partial charge is 0.0641 e. The van der Waals surface area contributed by atoms with Crippen LogP contribution in [0.15, 0.2) is 206 Å². The summed E-state index contributed by atoms with van der Waals surface area (Å²) in [4.78, 5) is 5.12. The zero-order chi connectivity index (χ0) is 56.5. The van der Waals surface area contributed by atoms with Gasteiger partial charge in [0, 0.05) is 54.5 Å². The Morgan fingerprint density at radius 3 is 1.01 bits per heavy atom. The predicted octanol–water partition coefficient (Wildman–Crippen LogP) is 22.4. The minimum atomic E-state index is -0.161. The molecule has 0 bridgehead atoms. The number of nitrogens with zero attached hydrogens (tertiary/aromatic N) is 4. The normalized spacial score (nSPS) is 13.1. The van der Waals surface area contributed by atoms with Gasteiger partial charge in [0.25, 0.3) is 0 Å². The van der Waals surface area contributed by atoms with Gasteiger partial charge in [-0.15, -0.1) is 0 Å². The summed E-state index contributed by atoms with van der Waals surface area (Å²) < 4.78 is 5.22. The quantitative estimate of drug-likeness (QED) is 0.165. The number of hydrogen-bond donors (Lipinski definition) is 0. The Hall–Kier alpha value is -8.86. The summed E-state index contributed by atoms with van der Waals surface area (Å²) in [7, 11) is 0. The van der Waals surface area contributed by atoms with Crippen LogP contribution in [0.3, 0.4) is 0 Å². The fraction of sp³-hybridized carbons (Fsp3) is 0.205. The Balaban J connectivity index is 1.06. The molecule has 0 unspecified atom stereocenters. The Bertz CT molecular complexity index is 4740. The fourth-order valence-electron chi connectivity index (χ4n) is 14.3. The molecule has 0 atom stereocenters. The topological polar surface area (TPSA) is 15.3 Å². The molecule has 0 aliphatic rings. The molecular weight excluding hydrogens is 993 g/mol. The van der Waals surface area contributed by atoms with E-state index in [9.17, 15) is 0 Å². The van der Waals surface area contributed by atoms with Gasteiger partial charge in [-0.3, -0.25) is 0 Å². The molecule has 0 aliphatic heterocycles. The maximum Gasteiger partial charge on any atom is 0.0641 e. The highest BCUT2D eigenvalue weighted by Crippen LogP contribution is 2.54. The second-order valence-electron chi connectivity index (χ2n) is 27.4. The lowest BCUT2D eigenvalue weighted by atomic mass is 9.81. The highest BCUT2D eigenvalue weighted by Gasteiger charge is 2.33. The van der Waals surface area contributed by atoms with Gasteiger partial charge in [-0.2, -0.15) is 0 Å². The molecule has 402 valence electrons. The van der Waals surface area contributed by atoms with E-state index in [1.165, 1.54) is 143 Å². The third-order valence-electron chi connectivity index (χ3n) is 18.0. The first-order valence-electron chi connectivity index (χ1n) is 29.4. The molecule has 0 spiro atoms. The van der Waals surface area contributed by atoms with Gasteiger partial charge in [0.15, 0.2) is 0 Å². The Morgan fingerprint density at radius 1 is 0.268 bits per heavy atom. The molecule has 0 aliphatic carbocycles. The zero-order valence-electron chi connectivity index (χ0n) is 49.4. The average molecular weight is 1060 g/mol. The fourth-order valence-corrected chi connectivity index (χ4v) is 14.3. The number of fused-ring (bicyclic) bond motifs is 14. The summed E-state index contributed by atoms with van der Waals surface area (Å²) in [6, 6.07) is 78.6. The second-order valence-corrected chi connectivity index (χ2v) is 27.4. The number of anilines is 6. The third-order valence-corrected chi connectivity index (χ3v) is 18.0. The van der Waals surface area contributed by atoms with Crippen LogP contribution in [0.2, 0.25) is 0 Å². The van der Waals surface area contributed by atoms with Crippen molar-refractivity contribution < 1.29 is 0 Å². The van der Waals surface area contributed by atoms with E-state index in [2.05, 4.69) is 308 Å². The first kappa shape index (κ1) is 50.1. The van der Waals surface area contributed by atoms with Gasteiger partial charge in [-0.25, -0.2) is 0 Å². The van der Waals surface area contributed by atoms with E-state index in [0.717, 1.165) is 11.4 Å². The van der Waals surface area contributed by atoms with E-state index in [4.69, 9.17) is 0 Å². The van der Waals surface area contributed by atoms with E-state index in [-0.39, 0.29) is 21.7 Å². The van der Waals surface area contributed by atoms with Crippen LogP contribution in [0.25, 0.3) is 97.7 Å². The van der Waals surface area contributed by atoms with Crippen molar-refractivity contribution in [1.29, 1.82) is 0 Å². The first-order chi connectivity index (χ1) is 39.3. The number of hydrogen-bond acceptors (Lipinski definition) is 2. The Kier molecular flexibility index (Phi) is 10.6. The number of benzene rings is 11. The highest BCUT2D eigenvalue weighted by atomic mass is 15.2. The van der Waals surface area contributed by atoms with Gasteiger partial charge in [0.05, 0.1) is 55.8 Å². The summed E-state index contributed by atoms with van der Waals surface area (Å²) in [5, 5.41) is 15.2. The van der Waals surface area contributed by atoms with Crippen molar-refractivity contribution in [2.24, 2.45) is 0 Å². The maximum absolute atomic E-state index is 2.61. The molecule has 4 heteroatoms. The van der Waals surface area contributed by atoms with Crippen LogP contribution in [0.1, 0.15) is 105 Å². The molecule has 15 aromatic rings. The lowest BCUT2D eigenvalue weighted by Crippen LogP contribution is -2.20. The monoisotopic (exact) mass is 1060 g/mol. The van der Waals surface area contributed by atoms with E-state index in [1.54, 1.807) is 0 Å². The molecule has 11 aromatic carbocycles. The molecule has 4 nitrogen and oxygen atoms in total. The van der Waals surface area contributed by atoms with Crippen molar-refractivity contribution in [3.63, 3.8) is 0 Å². The van der Waals surface area contributed by atoms with Crippen molar-refractivity contribution in [2.45, 2.75) is 105 Å². The third kappa shape index (κ3) is 7.29. The van der Waals surface area contributed by atoms with Gasteiger partial charge in [-0.05, 0) is 150 Å². The van der Waals surface area contributed by atoms with Gasteiger partial charge in [0.2, 0.25) is 0 Å². The predicted molar refractivity (Wildman–Crippen MR) is 355 cm³/mol. The van der Waals surface area contributed by atoms with E-state index in [0.29, 0.717) is 0 Å². The minimum absolute atomic E-state index is 0.0553. The number of rotatable bonds is 6. The molecule has 82 heavy (non-hydrogen) atoms. The largest absolute Gasteiger partial charge is 0.309 e. The molecule has 0 saturated carbocycles. The molecule has 0 fully saturated rings. The molecule has 0 N–H and O–H groups in total. The van der Waals surface area contributed by atoms with Crippen molar-refractivity contribution >= 4 is 132 Å². The Morgan fingerprint density at radius 2 is 0.634 bits per heavy atom. The van der Waals surface area contributed by atoms with Gasteiger partial charge in [0.1, 0.15) is 0 Å². The average Bonchev–Trinajstić information content (AvgIpc) is 1.59. The van der Waals surface area contributed by atoms with Gasteiger partial charge < -0.3 is 18.6 Å². The van der Waals surface area contributed by atoms with Crippen LogP contribution in [0.4, 0.5) is 34.1 Å². The van der Waals surface area contributed by atoms with Crippen molar-refractivity contribution in [3.8, 4) is 0 Å². The van der Waals surface area contributed by atoms with Crippen molar-refractivity contribution in [3.05, 3.63) is 229 Å². The Labute approximate surface area is 481 Å². The first-order valence-corrected chi connectivity index (χ1v) is 29.4. The lowest BCUT2D eigenvalue weighted by molar-refractivity contribution is 0.591. The molecular formula is C78H70N4. The second kappa shape index (κ2) is 17.3. The standard InChI is InChI=1S/C78H70N4/c1-75(2,3)49-33-39-61-59(43-49)69-63(79(51-25-15-13-16-26-51)65-37-31-47-23-19-21-29-53(47)71(65)77(7,8)9)41-35-55-57-46-68-58(45-67(57)81(61)73(55)69)56-36-42-64(70-60-44-50(76(4,5)6)34-40-62(60)82(68)74(56)70)80(52-27-17-14-18-28-52)66-38-32-48-24-20-22-30-54(48)72(66)78(10,11)12/h13-46H,1-12H3. The summed E-state index contributed by atoms with van der Waals surface area (Å²) in [5.74, 6) is 0. The molecule has 4 aromatic heterocycles.